The van der Waals surface area contributed by atoms with Gasteiger partial charge in [-0.3, -0.25) is 0 Å². The lowest BCUT2D eigenvalue weighted by Gasteiger charge is -2.06. The van der Waals surface area contributed by atoms with E-state index in [1.54, 1.807) is 4.68 Å². The van der Waals surface area contributed by atoms with Gasteiger partial charge in [-0.2, -0.15) is 5.10 Å². The van der Waals surface area contributed by atoms with Crippen LogP contribution in [0.15, 0.2) is 18.5 Å². The zero-order valence-corrected chi connectivity index (χ0v) is 13.4. The molecule has 2 heterocycles. The summed E-state index contributed by atoms with van der Waals surface area (Å²) in [6, 6.07) is 1.97. The summed E-state index contributed by atoms with van der Waals surface area (Å²) in [6.07, 6.45) is 6.07. The highest BCUT2D eigenvalue weighted by Crippen LogP contribution is 2.07. The standard InChI is InChI=1S/C16H25N5/c1-12(2)9-17-7-5-6-15-10-18-21(11-15)16-19-13(3)8-14(4)20-16/h8,10-12,17H,5-7,9H2,1-4H3. The lowest BCUT2D eigenvalue weighted by molar-refractivity contribution is 0.543. The van der Waals surface area contributed by atoms with Crippen molar-refractivity contribution in [2.75, 3.05) is 13.1 Å². The maximum Gasteiger partial charge on any atom is 0.250 e. The molecule has 2 aromatic rings. The maximum atomic E-state index is 4.42. The van der Waals surface area contributed by atoms with Crippen LogP contribution in [-0.4, -0.2) is 32.8 Å². The third-order valence-corrected chi connectivity index (χ3v) is 3.18. The van der Waals surface area contributed by atoms with Crippen molar-refractivity contribution in [3.8, 4) is 5.95 Å². The van der Waals surface area contributed by atoms with Crippen LogP contribution in [0.25, 0.3) is 5.95 Å². The van der Waals surface area contributed by atoms with Gasteiger partial charge in [0.2, 0.25) is 0 Å². The van der Waals surface area contributed by atoms with Crippen LogP contribution in [0, 0.1) is 19.8 Å². The topological polar surface area (TPSA) is 55.6 Å². The first-order valence-corrected chi connectivity index (χ1v) is 7.61. The molecule has 0 unspecified atom stereocenters. The van der Waals surface area contributed by atoms with E-state index in [2.05, 4.69) is 34.2 Å². The van der Waals surface area contributed by atoms with Gasteiger partial charge in [-0.05, 0) is 57.3 Å². The highest BCUT2D eigenvalue weighted by atomic mass is 15.3. The molecular formula is C16H25N5. The molecule has 0 saturated carbocycles. The highest BCUT2D eigenvalue weighted by Gasteiger charge is 2.05. The molecule has 0 radical (unpaired) electrons. The number of nitrogens with zero attached hydrogens (tertiary/aromatic N) is 4. The Hall–Kier alpha value is -1.75. The molecule has 0 aliphatic rings. The smallest absolute Gasteiger partial charge is 0.250 e. The number of nitrogens with one attached hydrogen (secondary N) is 1. The maximum absolute atomic E-state index is 4.42. The van der Waals surface area contributed by atoms with Gasteiger partial charge in [0.1, 0.15) is 0 Å². The van der Waals surface area contributed by atoms with Gasteiger partial charge in [0, 0.05) is 17.6 Å². The van der Waals surface area contributed by atoms with Crippen molar-refractivity contribution in [3.63, 3.8) is 0 Å². The first-order valence-electron chi connectivity index (χ1n) is 7.61. The number of rotatable bonds is 7. The number of aryl methyl sites for hydroxylation is 3. The van der Waals surface area contributed by atoms with Crippen LogP contribution in [0.3, 0.4) is 0 Å². The van der Waals surface area contributed by atoms with E-state index in [1.165, 1.54) is 5.56 Å². The summed E-state index contributed by atoms with van der Waals surface area (Å²) in [4.78, 5) is 8.85. The summed E-state index contributed by atoms with van der Waals surface area (Å²) in [5.41, 5.74) is 3.16. The number of hydrogen-bond acceptors (Lipinski definition) is 4. The molecule has 0 bridgehead atoms. The minimum Gasteiger partial charge on any atom is -0.316 e. The normalized spacial score (nSPS) is 11.3. The predicted octanol–water partition coefficient (Wildman–Crippen LogP) is 2.46. The van der Waals surface area contributed by atoms with Gasteiger partial charge in [-0.25, -0.2) is 14.6 Å². The summed E-state index contributed by atoms with van der Waals surface area (Å²) in [7, 11) is 0. The summed E-state index contributed by atoms with van der Waals surface area (Å²) in [5.74, 6) is 1.35. The Morgan fingerprint density at radius 1 is 1.19 bits per heavy atom. The molecule has 0 aromatic carbocycles. The first-order chi connectivity index (χ1) is 10.0. The monoisotopic (exact) mass is 287 g/mol. The van der Waals surface area contributed by atoms with Crippen molar-refractivity contribution in [1.82, 2.24) is 25.1 Å². The molecule has 5 nitrogen and oxygen atoms in total. The molecule has 0 aliphatic heterocycles. The average molecular weight is 287 g/mol. The molecule has 2 rings (SSSR count). The van der Waals surface area contributed by atoms with Crippen molar-refractivity contribution in [1.29, 1.82) is 0 Å². The second-order valence-corrected chi connectivity index (χ2v) is 5.95. The molecule has 5 heteroatoms. The number of hydrogen-bond donors (Lipinski definition) is 1. The molecule has 0 amide bonds. The predicted molar refractivity (Wildman–Crippen MR) is 84.7 cm³/mol. The summed E-state index contributed by atoms with van der Waals surface area (Å²) < 4.78 is 1.76. The zero-order valence-electron chi connectivity index (χ0n) is 13.4. The highest BCUT2D eigenvalue weighted by molar-refractivity contribution is 5.19. The van der Waals surface area contributed by atoms with E-state index in [4.69, 9.17) is 0 Å². The van der Waals surface area contributed by atoms with Crippen molar-refractivity contribution in [3.05, 3.63) is 35.4 Å². The van der Waals surface area contributed by atoms with Crippen molar-refractivity contribution >= 4 is 0 Å². The van der Waals surface area contributed by atoms with Crippen LogP contribution in [0.1, 0.15) is 37.2 Å². The molecule has 114 valence electrons. The minimum atomic E-state index is 0.650. The molecule has 1 N–H and O–H groups in total. The van der Waals surface area contributed by atoms with Gasteiger partial charge in [-0.1, -0.05) is 13.8 Å². The van der Waals surface area contributed by atoms with E-state index in [0.717, 1.165) is 37.3 Å². The van der Waals surface area contributed by atoms with Crippen molar-refractivity contribution in [2.24, 2.45) is 5.92 Å². The molecule has 0 aliphatic carbocycles. The minimum absolute atomic E-state index is 0.650. The fraction of sp³-hybridized carbons (Fsp3) is 0.562. The Morgan fingerprint density at radius 3 is 2.57 bits per heavy atom. The largest absolute Gasteiger partial charge is 0.316 e. The van der Waals surface area contributed by atoms with Crippen LogP contribution in [0.5, 0.6) is 0 Å². The van der Waals surface area contributed by atoms with Crippen LogP contribution < -0.4 is 5.32 Å². The van der Waals surface area contributed by atoms with Crippen LogP contribution in [0.2, 0.25) is 0 Å². The zero-order chi connectivity index (χ0) is 15.2. The van der Waals surface area contributed by atoms with Gasteiger partial charge < -0.3 is 5.32 Å². The Labute approximate surface area is 126 Å². The van der Waals surface area contributed by atoms with Gasteiger partial charge in [0.05, 0.1) is 6.20 Å². The average Bonchev–Trinajstić information content (AvgIpc) is 2.85. The SMILES string of the molecule is Cc1cc(C)nc(-n2cc(CCCNCC(C)C)cn2)n1. The van der Waals surface area contributed by atoms with Crippen molar-refractivity contribution in [2.45, 2.75) is 40.5 Å². The molecule has 0 fully saturated rings. The van der Waals surface area contributed by atoms with Crippen LogP contribution in [-0.2, 0) is 6.42 Å². The molecular weight excluding hydrogens is 262 g/mol. The lowest BCUT2D eigenvalue weighted by Crippen LogP contribution is -2.20. The second kappa shape index (κ2) is 7.31. The van der Waals surface area contributed by atoms with E-state index < -0.39 is 0 Å². The molecule has 0 saturated heterocycles. The van der Waals surface area contributed by atoms with E-state index in [-0.39, 0.29) is 0 Å². The van der Waals surface area contributed by atoms with Gasteiger partial charge in [-0.15, -0.1) is 0 Å². The van der Waals surface area contributed by atoms with Crippen LogP contribution >= 0.6 is 0 Å². The third kappa shape index (κ3) is 4.93. The van der Waals surface area contributed by atoms with E-state index >= 15 is 0 Å². The quantitative estimate of drug-likeness (QED) is 0.795. The summed E-state index contributed by atoms with van der Waals surface area (Å²) >= 11 is 0. The van der Waals surface area contributed by atoms with Gasteiger partial charge in [0.25, 0.3) is 5.95 Å². The summed E-state index contributed by atoms with van der Waals surface area (Å²) in [6.45, 7) is 10.5. The molecule has 2 aromatic heterocycles. The summed E-state index contributed by atoms with van der Waals surface area (Å²) in [5, 5.41) is 7.82. The fourth-order valence-corrected chi connectivity index (χ4v) is 2.22. The Bertz CT molecular complexity index is 554. The molecule has 0 atom stereocenters. The van der Waals surface area contributed by atoms with E-state index in [9.17, 15) is 0 Å². The Kier molecular flexibility index (Phi) is 5.44. The van der Waals surface area contributed by atoms with Gasteiger partial charge >= 0.3 is 0 Å². The lowest BCUT2D eigenvalue weighted by atomic mass is 10.2. The van der Waals surface area contributed by atoms with E-state index in [0.29, 0.717) is 11.9 Å². The third-order valence-electron chi connectivity index (χ3n) is 3.18. The number of aromatic nitrogens is 4. The molecule has 0 spiro atoms. The Balaban J connectivity index is 1.89. The van der Waals surface area contributed by atoms with Crippen molar-refractivity contribution < 1.29 is 0 Å². The fourth-order valence-electron chi connectivity index (χ4n) is 2.22. The second-order valence-electron chi connectivity index (χ2n) is 5.95. The van der Waals surface area contributed by atoms with Gasteiger partial charge in [0.15, 0.2) is 0 Å². The van der Waals surface area contributed by atoms with E-state index in [1.807, 2.05) is 32.3 Å². The van der Waals surface area contributed by atoms with Crippen LogP contribution in [0.4, 0.5) is 0 Å². The molecule has 21 heavy (non-hydrogen) atoms. The Morgan fingerprint density at radius 2 is 1.90 bits per heavy atom. The first kappa shape index (κ1) is 15.6.